The van der Waals surface area contributed by atoms with Crippen LogP contribution in [0.5, 0.6) is 0 Å². The van der Waals surface area contributed by atoms with Crippen LogP contribution in [0.1, 0.15) is 28.6 Å². The number of alkyl halides is 1. The summed E-state index contributed by atoms with van der Waals surface area (Å²) in [7, 11) is 0. The van der Waals surface area contributed by atoms with Gasteiger partial charge in [-0.2, -0.15) is 0 Å². The fraction of sp³-hybridized carbons (Fsp3) is 0.333. The second kappa shape index (κ2) is 4.78. The molecule has 1 aromatic heterocycles. The second-order valence-electron chi connectivity index (χ2n) is 3.94. The third-order valence-corrected chi connectivity index (χ3v) is 2.90. The molecule has 1 atom stereocenters. The van der Waals surface area contributed by atoms with Crippen molar-refractivity contribution < 1.29 is 0 Å². The van der Waals surface area contributed by atoms with E-state index in [-0.39, 0.29) is 4.83 Å². The fourth-order valence-corrected chi connectivity index (χ4v) is 1.66. The maximum absolute atomic E-state index is 4.10. The zero-order valence-electron chi connectivity index (χ0n) is 9.39. The summed E-state index contributed by atoms with van der Waals surface area (Å²) in [5.41, 5.74) is 3.48. The zero-order chi connectivity index (χ0) is 11.5. The van der Waals surface area contributed by atoms with Gasteiger partial charge in [-0.05, 0) is 19.4 Å². The highest BCUT2D eigenvalue weighted by Crippen LogP contribution is 2.18. The van der Waals surface area contributed by atoms with Crippen molar-refractivity contribution in [3.8, 4) is 0 Å². The SMILES string of the molecule is Cc1ccc(Cn2cc(C(C)Br)nn2)cc1. The Hall–Kier alpha value is -1.16. The molecule has 84 valence electrons. The van der Waals surface area contributed by atoms with E-state index in [2.05, 4.69) is 57.4 Å². The van der Waals surface area contributed by atoms with Crippen LogP contribution in [0.15, 0.2) is 30.5 Å². The molecule has 0 radical (unpaired) electrons. The number of aromatic nitrogens is 3. The van der Waals surface area contributed by atoms with Gasteiger partial charge in [0, 0.05) is 6.20 Å². The van der Waals surface area contributed by atoms with E-state index < -0.39 is 0 Å². The monoisotopic (exact) mass is 279 g/mol. The van der Waals surface area contributed by atoms with Gasteiger partial charge in [-0.15, -0.1) is 5.10 Å². The summed E-state index contributed by atoms with van der Waals surface area (Å²) >= 11 is 3.47. The van der Waals surface area contributed by atoms with Gasteiger partial charge >= 0.3 is 0 Å². The van der Waals surface area contributed by atoms with Crippen LogP contribution in [-0.2, 0) is 6.54 Å². The van der Waals surface area contributed by atoms with Crippen LogP contribution in [0.4, 0.5) is 0 Å². The third kappa shape index (κ3) is 2.70. The number of benzene rings is 1. The van der Waals surface area contributed by atoms with Crippen molar-refractivity contribution in [2.75, 3.05) is 0 Å². The number of hydrogen-bond acceptors (Lipinski definition) is 2. The predicted octanol–water partition coefficient (Wildman–Crippen LogP) is 3.09. The third-order valence-electron chi connectivity index (χ3n) is 2.43. The van der Waals surface area contributed by atoms with Crippen molar-refractivity contribution in [2.24, 2.45) is 0 Å². The summed E-state index contributed by atoms with van der Waals surface area (Å²) in [6, 6.07) is 8.46. The minimum Gasteiger partial charge on any atom is -0.248 e. The van der Waals surface area contributed by atoms with Gasteiger partial charge in [0.15, 0.2) is 0 Å². The van der Waals surface area contributed by atoms with Crippen LogP contribution in [0, 0.1) is 6.92 Å². The first kappa shape index (κ1) is 11.3. The van der Waals surface area contributed by atoms with E-state index >= 15 is 0 Å². The first-order valence-electron chi connectivity index (χ1n) is 5.25. The van der Waals surface area contributed by atoms with Crippen LogP contribution in [0.25, 0.3) is 0 Å². The van der Waals surface area contributed by atoms with Gasteiger partial charge in [0.05, 0.1) is 17.1 Å². The average molecular weight is 280 g/mol. The molecule has 0 saturated heterocycles. The standard InChI is InChI=1S/C12H14BrN3/c1-9-3-5-11(6-4-9)7-16-8-12(10(2)13)14-15-16/h3-6,8,10H,7H2,1-2H3. The van der Waals surface area contributed by atoms with E-state index in [0.29, 0.717) is 0 Å². The number of hydrogen-bond donors (Lipinski definition) is 0. The van der Waals surface area contributed by atoms with Gasteiger partial charge < -0.3 is 0 Å². The Kier molecular flexibility index (Phi) is 3.39. The van der Waals surface area contributed by atoms with E-state index in [1.54, 1.807) is 0 Å². The predicted molar refractivity (Wildman–Crippen MR) is 67.6 cm³/mol. The van der Waals surface area contributed by atoms with Crippen LogP contribution in [0.2, 0.25) is 0 Å². The highest BCUT2D eigenvalue weighted by atomic mass is 79.9. The summed E-state index contributed by atoms with van der Waals surface area (Å²) in [6.45, 7) is 4.90. The molecule has 2 aromatic rings. The van der Waals surface area contributed by atoms with Gasteiger partial charge in [0.25, 0.3) is 0 Å². The first-order chi connectivity index (χ1) is 7.65. The highest BCUT2D eigenvalue weighted by molar-refractivity contribution is 9.09. The summed E-state index contributed by atoms with van der Waals surface area (Å²) in [6.07, 6.45) is 1.97. The number of aryl methyl sites for hydroxylation is 1. The van der Waals surface area contributed by atoms with Crippen molar-refractivity contribution in [3.05, 3.63) is 47.3 Å². The lowest BCUT2D eigenvalue weighted by Gasteiger charge is -2.01. The molecule has 16 heavy (non-hydrogen) atoms. The molecule has 3 nitrogen and oxygen atoms in total. The Bertz CT molecular complexity index is 459. The fourth-order valence-electron chi connectivity index (χ4n) is 1.45. The van der Waals surface area contributed by atoms with E-state index in [1.165, 1.54) is 11.1 Å². The average Bonchev–Trinajstić information content (AvgIpc) is 2.70. The van der Waals surface area contributed by atoms with E-state index in [0.717, 1.165) is 12.2 Å². The highest BCUT2D eigenvalue weighted by Gasteiger charge is 2.06. The molecule has 0 aliphatic heterocycles. The van der Waals surface area contributed by atoms with Gasteiger partial charge in [0.1, 0.15) is 0 Å². The lowest BCUT2D eigenvalue weighted by atomic mass is 10.1. The molecule has 0 aliphatic carbocycles. The molecule has 1 aromatic carbocycles. The Morgan fingerprint density at radius 1 is 1.31 bits per heavy atom. The molecule has 0 aliphatic rings. The lowest BCUT2D eigenvalue weighted by molar-refractivity contribution is 0.649. The Morgan fingerprint density at radius 3 is 2.56 bits per heavy atom. The van der Waals surface area contributed by atoms with Crippen molar-refractivity contribution in [1.29, 1.82) is 0 Å². The molecule has 0 fully saturated rings. The van der Waals surface area contributed by atoms with Gasteiger partial charge in [0.2, 0.25) is 0 Å². The topological polar surface area (TPSA) is 30.7 Å². The van der Waals surface area contributed by atoms with Crippen LogP contribution >= 0.6 is 15.9 Å². The minimum absolute atomic E-state index is 0.249. The summed E-state index contributed by atoms with van der Waals surface area (Å²) in [4.78, 5) is 0.249. The Balaban J connectivity index is 2.11. The second-order valence-corrected chi connectivity index (χ2v) is 5.32. The quantitative estimate of drug-likeness (QED) is 0.809. The normalized spacial score (nSPS) is 12.7. The number of rotatable bonds is 3. The van der Waals surface area contributed by atoms with Crippen molar-refractivity contribution in [3.63, 3.8) is 0 Å². The number of halogens is 1. The van der Waals surface area contributed by atoms with Gasteiger partial charge in [-0.25, -0.2) is 4.68 Å². The molecule has 0 spiro atoms. The summed E-state index contributed by atoms with van der Waals surface area (Å²) < 4.78 is 1.86. The van der Waals surface area contributed by atoms with Gasteiger partial charge in [-0.1, -0.05) is 51.0 Å². The van der Waals surface area contributed by atoms with Crippen LogP contribution in [0.3, 0.4) is 0 Å². The molecule has 4 heteroatoms. The van der Waals surface area contributed by atoms with E-state index in [9.17, 15) is 0 Å². The molecule has 1 heterocycles. The first-order valence-corrected chi connectivity index (χ1v) is 6.16. The molecule has 2 rings (SSSR count). The molecular formula is C12H14BrN3. The molecule has 1 unspecified atom stereocenters. The molecule has 0 saturated carbocycles. The van der Waals surface area contributed by atoms with Crippen LogP contribution in [-0.4, -0.2) is 15.0 Å². The smallest absolute Gasteiger partial charge is 0.0960 e. The Labute approximate surface area is 104 Å². The van der Waals surface area contributed by atoms with Crippen molar-refractivity contribution in [2.45, 2.75) is 25.2 Å². The summed E-state index contributed by atoms with van der Waals surface area (Å²) in [5, 5.41) is 8.19. The van der Waals surface area contributed by atoms with E-state index in [1.807, 2.05) is 17.8 Å². The Morgan fingerprint density at radius 2 is 2.00 bits per heavy atom. The molecule has 0 bridgehead atoms. The molecular weight excluding hydrogens is 266 g/mol. The molecule has 0 N–H and O–H groups in total. The van der Waals surface area contributed by atoms with Gasteiger partial charge in [-0.3, -0.25) is 0 Å². The molecule has 0 amide bonds. The van der Waals surface area contributed by atoms with Crippen molar-refractivity contribution >= 4 is 15.9 Å². The minimum atomic E-state index is 0.249. The number of nitrogens with zero attached hydrogens (tertiary/aromatic N) is 3. The summed E-state index contributed by atoms with van der Waals surface area (Å²) in [5.74, 6) is 0. The largest absolute Gasteiger partial charge is 0.248 e. The van der Waals surface area contributed by atoms with Crippen LogP contribution < -0.4 is 0 Å². The van der Waals surface area contributed by atoms with Crippen molar-refractivity contribution in [1.82, 2.24) is 15.0 Å². The maximum atomic E-state index is 4.10. The van der Waals surface area contributed by atoms with E-state index in [4.69, 9.17) is 0 Å². The lowest BCUT2D eigenvalue weighted by Crippen LogP contribution is -2.00. The zero-order valence-corrected chi connectivity index (χ0v) is 11.0. The maximum Gasteiger partial charge on any atom is 0.0960 e.